The molecule has 3 aromatic rings. The fourth-order valence-corrected chi connectivity index (χ4v) is 3.40. The molecule has 0 radical (unpaired) electrons. The van der Waals surface area contributed by atoms with Gasteiger partial charge in [0, 0.05) is 24.8 Å². The van der Waals surface area contributed by atoms with E-state index in [9.17, 15) is 4.79 Å². The first-order valence-corrected chi connectivity index (χ1v) is 8.45. The van der Waals surface area contributed by atoms with Gasteiger partial charge in [0.15, 0.2) is 6.29 Å². The summed E-state index contributed by atoms with van der Waals surface area (Å²) in [6.07, 6.45) is 2.85. The third-order valence-electron chi connectivity index (χ3n) is 4.40. The Balaban J connectivity index is 1.71. The van der Waals surface area contributed by atoms with E-state index in [0.717, 1.165) is 36.0 Å². The van der Waals surface area contributed by atoms with Gasteiger partial charge in [-0.3, -0.25) is 4.79 Å². The van der Waals surface area contributed by atoms with Gasteiger partial charge in [-0.1, -0.05) is 12.1 Å². The number of rotatable bonds is 3. The van der Waals surface area contributed by atoms with E-state index >= 15 is 0 Å². The number of benzene rings is 1. The van der Waals surface area contributed by atoms with Gasteiger partial charge in [0.1, 0.15) is 11.6 Å². The maximum absolute atomic E-state index is 11.7. The van der Waals surface area contributed by atoms with Gasteiger partial charge in [0.2, 0.25) is 0 Å². The number of imidazole rings is 1. The summed E-state index contributed by atoms with van der Waals surface area (Å²) < 4.78 is 5.77. The Bertz CT molecular complexity index is 878. The van der Waals surface area contributed by atoms with E-state index in [0.29, 0.717) is 17.2 Å². The first kappa shape index (κ1) is 15.8. The van der Waals surface area contributed by atoms with Crippen LogP contribution in [0, 0.1) is 0 Å². The van der Waals surface area contributed by atoms with E-state index in [1.54, 1.807) is 6.20 Å². The van der Waals surface area contributed by atoms with Crippen molar-refractivity contribution in [1.82, 2.24) is 15.0 Å². The van der Waals surface area contributed by atoms with Crippen LogP contribution < -0.4 is 4.90 Å². The van der Waals surface area contributed by atoms with Crippen LogP contribution in [-0.4, -0.2) is 46.5 Å². The van der Waals surface area contributed by atoms with Crippen LogP contribution in [0.4, 0.5) is 5.82 Å². The number of H-pyrrole nitrogens is 1. The fraction of sp³-hybridized carbons (Fsp3) is 0.316. The van der Waals surface area contributed by atoms with E-state index in [-0.39, 0.29) is 12.2 Å². The van der Waals surface area contributed by atoms with E-state index in [4.69, 9.17) is 4.74 Å². The number of hydrogen-bond donors (Lipinski definition) is 1. The molecule has 1 aliphatic rings. The molecule has 0 unspecified atom stereocenters. The van der Waals surface area contributed by atoms with Crippen LogP contribution in [0.5, 0.6) is 0 Å². The van der Waals surface area contributed by atoms with Gasteiger partial charge in [-0.25, -0.2) is 9.97 Å². The Morgan fingerprint density at radius 3 is 2.72 bits per heavy atom. The number of carbonyl (C=O) groups excluding carboxylic acids is 1. The van der Waals surface area contributed by atoms with Crippen LogP contribution in [0.25, 0.3) is 22.4 Å². The third kappa shape index (κ3) is 3.00. The van der Waals surface area contributed by atoms with Crippen LogP contribution in [-0.2, 0) is 4.74 Å². The number of anilines is 1. The molecule has 1 aliphatic heterocycles. The van der Waals surface area contributed by atoms with Crippen LogP contribution in [0.15, 0.2) is 36.5 Å². The third-order valence-corrected chi connectivity index (χ3v) is 4.40. The van der Waals surface area contributed by atoms with E-state index in [1.807, 2.05) is 44.2 Å². The lowest BCUT2D eigenvalue weighted by Crippen LogP contribution is -2.46. The van der Waals surface area contributed by atoms with Crippen LogP contribution in [0.2, 0.25) is 0 Å². The van der Waals surface area contributed by atoms with Gasteiger partial charge in [0.25, 0.3) is 0 Å². The van der Waals surface area contributed by atoms with Crippen LogP contribution in [0.1, 0.15) is 24.2 Å². The number of pyridine rings is 1. The molecule has 0 spiro atoms. The number of nitrogens with one attached hydrogen (secondary N) is 1. The number of aromatic nitrogens is 3. The van der Waals surface area contributed by atoms with Crippen molar-refractivity contribution in [3.05, 3.63) is 42.1 Å². The molecule has 1 saturated heterocycles. The minimum absolute atomic E-state index is 0.111. The Morgan fingerprint density at radius 1 is 1.24 bits per heavy atom. The molecule has 0 amide bonds. The molecule has 6 nitrogen and oxygen atoms in total. The smallest absolute Gasteiger partial charge is 0.153 e. The van der Waals surface area contributed by atoms with Gasteiger partial charge in [0.05, 0.1) is 28.8 Å². The number of para-hydroxylation sites is 2. The molecule has 0 aliphatic carbocycles. The SMILES string of the molecule is C[C@@H]1CN(c2ncc(-c3nc4ccccc4[nH]3)cc2C=O)C[C@H](C)O1. The highest BCUT2D eigenvalue weighted by Crippen LogP contribution is 2.26. The average Bonchev–Trinajstić information content (AvgIpc) is 3.04. The molecular formula is C19H20N4O2. The molecule has 25 heavy (non-hydrogen) atoms. The number of aldehydes is 1. The number of morpholine rings is 1. The van der Waals surface area contributed by atoms with Gasteiger partial charge >= 0.3 is 0 Å². The first-order valence-electron chi connectivity index (χ1n) is 8.45. The Morgan fingerprint density at radius 2 is 2.00 bits per heavy atom. The van der Waals surface area contributed by atoms with Gasteiger partial charge in [-0.15, -0.1) is 0 Å². The number of aromatic amines is 1. The lowest BCUT2D eigenvalue weighted by molar-refractivity contribution is -0.00549. The minimum atomic E-state index is 0.111. The second-order valence-electron chi connectivity index (χ2n) is 6.52. The zero-order valence-corrected chi connectivity index (χ0v) is 14.3. The number of carbonyl (C=O) groups is 1. The van der Waals surface area contributed by atoms with Crippen LogP contribution in [0.3, 0.4) is 0 Å². The second kappa shape index (κ2) is 6.29. The van der Waals surface area contributed by atoms with E-state index in [1.165, 1.54) is 0 Å². The van der Waals surface area contributed by atoms with Crippen molar-refractivity contribution in [3.63, 3.8) is 0 Å². The Labute approximate surface area is 145 Å². The largest absolute Gasteiger partial charge is 0.372 e. The molecular weight excluding hydrogens is 316 g/mol. The molecule has 0 bridgehead atoms. The summed E-state index contributed by atoms with van der Waals surface area (Å²) in [4.78, 5) is 26.2. The molecule has 3 heterocycles. The number of fused-ring (bicyclic) bond motifs is 1. The molecule has 128 valence electrons. The lowest BCUT2D eigenvalue weighted by atomic mass is 10.1. The van der Waals surface area contributed by atoms with Crippen molar-refractivity contribution in [2.75, 3.05) is 18.0 Å². The maximum atomic E-state index is 11.7. The molecule has 1 aromatic carbocycles. The summed E-state index contributed by atoms with van der Waals surface area (Å²) in [5, 5.41) is 0. The normalized spacial score (nSPS) is 20.8. The topological polar surface area (TPSA) is 71.1 Å². The standard InChI is InChI=1S/C19H20N4O2/c1-12-9-23(10-13(2)25-12)19-15(11-24)7-14(8-20-19)18-21-16-5-3-4-6-17(16)22-18/h3-8,11-13H,9-10H2,1-2H3,(H,21,22)/t12-,13+. The molecule has 6 heteroatoms. The summed E-state index contributed by atoms with van der Waals surface area (Å²) in [6, 6.07) is 9.69. The summed E-state index contributed by atoms with van der Waals surface area (Å²) in [5.74, 6) is 1.42. The predicted molar refractivity (Wildman–Crippen MR) is 96.9 cm³/mol. The summed E-state index contributed by atoms with van der Waals surface area (Å²) in [6.45, 7) is 5.52. The first-order chi connectivity index (χ1) is 12.1. The summed E-state index contributed by atoms with van der Waals surface area (Å²) in [5.41, 5.74) is 3.23. The maximum Gasteiger partial charge on any atom is 0.153 e. The van der Waals surface area contributed by atoms with Gasteiger partial charge < -0.3 is 14.6 Å². The second-order valence-corrected chi connectivity index (χ2v) is 6.52. The van der Waals surface area contributed by atoms with Crippen molar-refractivity contribution in [2.45, 2.75) is 26.1 Å². The highest BCUT2D eigenvalue weighted by atomic mass is 16.5. The Hall–Kier alpha value is -2.73. The quantitative estimate of drug-likeness (QED) is 0.744. The molecule has 1 N–H and O–H groups in total. The highest BCUT2D eigenvalue weighted by molar-refractivity contribution is 5.86. The van der Waals surface area contributed by atoms with Crippen molar-refractivity contribution < 1.29 is 9.53 Å². The van der Waals surface area contributed by atoms with Crippen molar-refractivity contribution in [3.8, 4) is 11.4 Å². The molecule has 2 aromatic heterocycles. The monoisotopic (exact) mass is 336 g/mol. The molecule has 0 saturated carbocycles. The molecule has 2 atom stereocenters. The lowest BCUT2D eigenvalue weighted by Gasteiger charge is -2.36. The van der Waals surface area contributed by atoms with Gasteiger partial charge in [-0.05, 0) is 32.0 Å². The average molecular weight is 336 g/mol. The Kier molecular flexibility index (Phi) is 3.97. The number of ether oxygens (including phenoxy) is 1. The zero-order valence-electron chi connectivity index (χ0n) is 14.3. The summed E-state index contributed by atoms with van der Waals surface area (Å²) >= 11 is 0. The number of nitrogens with zero attached hydrogens (tertiary/aromatic N) is 3. The van der Waals surface area contributed by atoms with Crippen molar-refractivity contribution in [2.24, 2.45) is 0 Å². The molecule has 4 rings (SSSR count). The van der Waals surface area contributed by atoms with Crippen LogP contribution >= 0.6 is 0 Å². The van der Waals surface area contributed by atoms with Crippen molar-refractivity contribution in [1.29, 1.82) is 0 Å². The molecule has 1 fully saturated rings. The zero-order chi connectivity index (χ0) is 17.4. The van der Waals surface area contributed by atoms with E-state index < -0.39 is 0 Å². The fourth-order valence-electron chi connectivity index (χ4n) is 3.40. The van der Waals surface area contributed by atoms with Crippen molar-refractivity contribution >= 4 is 23.1 Å². The van der Waals surface area contributed by atoms with Gasteiger partial charge in [-0.2, -0.15) is 0 Å². The van der Waals surface area contributed by atoms with E-state index in [2.05, 4.69) is 19.9 Å². The highest BCUT2D eigenvalue weighted by Gasteiger charge is 2.25. The summed E-state index contributed by atoms with van der Waals surface area (Å²) in [7, 11) is 0. The predicted octanol–water partition coefficient (Wildman–Crippen LogP) is 3.05. The number of hydrogen-bond acceptors (Lipinski definition) is 5. The minimum Gasteiger partial charge on any atom is -0.372 e.